The second-order valence-electron chi connectivity index (χ2n) is 5.48. The number of nitrogens with one attached hydrogen (secondary N) is 1. The van der Waals surface area contributed by atoms with Crippen molar-refractivity contribution < 1.29 is 13.6 Å². The van der Waals surface area contributed by atoms with Crippen molar-refractivity contribution in [3.63, 3.8) is 0 Å². The third kappa shape index (κ3) is 2.70. The van der Waals surface area contributed by atoms with Gasteiger partial charge in [0.25, 0.3) is 5.91 Å². The van der Waals surface area contributed by atoms with E-state index in [1.807, 2.05) is 60.7 Å². The molecule has 1 atom stereocenters. The van der Waals surface area contributed by atoms with Crippen LogP contribution in [0, 0.1) is 0 Å². The van der Waals surface area contributed by atoms with E-state index in [9.17, 15) is 4.79 Å². The van der Waals surface area contributed by atoms with Crippen molar-refractivity contribution in [1.29, 1.82) is 0 Å². The van der Waals surface area contributed by atoms with Crippen LogP contribution in [0.15, 0.2) is 87.9 Å². The van der Waals surface area contributed by atoms with Crippen LogP contribution in [0.5, 0.6) is 0 Å². The number of carbonyl (C=O) groups is 1. The van der Waals surface area contributed by atoms with Gasteiger partial charge in [0, 0.05) is 5.39 Å². The van der Waals surface area contributed by atoms with Crippen molar-refractivity contribution in [2.75, 3.05) is 0 Å². The number of rotatable bonds is 4. The fraction of sp³-hybridized carbons (Fsp3) is 0.0500. The molecule has 118 valence electrons. The van der Waals surface area contributed by atoms with Gasteiger partial charge in [0.15, 0.2) is 5.76 Å². The first kappa shape index (κ1) is 14.3. The Kier molecular flexibility index (Phi) is 3.63. The van der Waals surface area contributed by atoms with Crippen molar-refractivity contribution in [1.82, 2.24) is 5.32 Å². The Morgan fingerprint density at radius 1 is 0.917 bits per heavy atom. The predicted molar refractivity (Wildman–Crippen MR) is 90.7 cm³/mol. The summed E-state index contributed by atoms with van der Waals surface area (Å²) in [7, 11) is 0. The van der Waals surface area contributed by atoms with Gasteiger partial charge in [-0.15, -0.1) is 0 Å². The third-order valence-electron chi connectivity index (χ3n) is 3.88. The van der Waals surface area contributed by atoms with E-state index < -0.39 is 6.04 Å². The summed E-state index contributed by atoms with van der Waals surface area (Å²) in [5.74, 6) is 0.670. The van der Waals surface area contributed by atoms with E-state index in [4.69, 9.17) is 8.83 Å². The number of fused-ring (bicyclic) bond motifs is 1. The lowest BCUT2D eigenvalue weighted by Crippen LogP contribution is -2.28. The van der Waals surface area contributed by atoms with Crippen molar-refractivity contribution >= 4 is 16.9 Å². The molecule has 0 aliphatic carbocycles. The molecule has 0 saturated carbocycles. The van der Waals surface area contributed by atoms with E-state index >= 15 is 0 Å². The lowest BCUT2D eigenvalue weighted by molar-refractivity contribution is 0.0911. The maximum atomic E-state index is 12.4. The van der Waals surface area contributed by atoms with E-state index in [1.54, 1.807) is 12.1 Å². The molecule has 2 aromatic carbocycles. The van der Waals surface area contributed by atoms with Gasteiger partial charge < -0.3 is 14.2 Å². The molecular formula is C20H15NO3. The molecule has 2 aromatic heterocycles. The highest BCUT2D eigenvalue weighted by atomic mass is 16.3. The minimum atomic E-state index is -0.392. The summed E-state index contributed by atoms with van der Waals surface area (Å²) >= 11 is 0. The average molecular weight is 317 g/mol. The zero-order valence-electron chi connectivity index (χ0n) is 12.8. The van der Waals surface area contributed by atoms with Crippen LogP contribution in [-0.2, 0) is 0 Å². The first-order valence-corrected chi connectivity index (χ1v) is 7.69. The first-order chi connectivity index (χ1) is 11.8. The molecule has 0 fully saturated rings. The van der Waals surface area contributed by atoms with Crippen molar-refractivity contribution in [3.05, 3.63) is 96.1 Å². The number of hydrogen-bond donors (Lipinski definition) is 1. The lowest BCUT2D eigenvalue weighted by Gasteiger charge is -2.16. The smallest absolute Gasteiger partial charge is 0.287 e. The number of hydrogen-bond acceptors (Lipinski definition) is 3. The van der Waals surface area contributed by atoms with Gasteiger partial charge in [-0.05, 0) is 29.8 Å². The van der Waals surface area contributed by atoms with Crippen molar-refractivity contribution in [3.8, 4) is 0 Å². The van der Waals surface area contributed by atoms with Gasteiger partial charge in [-0.2, -0.15) is 0 Å². The number of para-hydroxylation sites is 1. The molecule has 4 aromatic rings. The number of furan rings is 2. The minimum absolute atomic E-state index is 0.270. The van der Waals surface area contributed by atoms with Gasteiger partial charge in [0.05, 0.1) is 6.26 Å². The summed E-state index contributed by atoms with van der Waals surface area (Å²) in [6.07, 6.45) is 1.48. The van der Waals surface area contributed by atoms with E-state index in [-0.39, 0.29) is 11.7 Å². The minimum Gasteiger partial charge on any atom is -0.459 e. The molecular weight excluding hydrogens is 302 g/mol. The van der Waals surface area contributed by atoms with Crippen LogP contribution in [0.25, 0.3) is 11.0 Å². The number of benzene rings is 2. The molecule has 0 spiro atoms. The molecule has 0 aliphatic rings. The fourth-order valence-corrected chi connectivity index (χ4v) is 2.72. The maximum absolute atomic E-state index is 12.4. The number of amides is 1. The summed E-state index contributed by atoms with van der Waals surface area (Å²) in [5.41, 5.74) is 1.73. The molecule has 0 radical (unpaired) electrons. The third-order valence-corrected chi connectivity index (χ3v) is 3.88. The SMILES string of the molecule is O=C(NC(c1ccccc1)c1cc2ccccc2o1)c1ccco1. The Bertz CT molecular complexity index is 922. The Morgan fingerprint density at radius 3 is 2.46 bits per heavy atom. The molecule has 4 rings (SSSR count). The zero-order chi connectivity index (χ0) is 16.4. The summed E-state index contributed by atoms with van der Waals surface area (Å²) in [5, 5.41) is 3.99. The molecule has 0 aliphatic heterocycles. The average Bonchev–Trinajstić information content (AvgIpc) is 3.29. The lowest BCUT2D eigenvalue weighted by atomic mass is 10.0. The Balaban J connectivity index is 1.74. The van der Waals surface area contributed by atoms with E-state index in [1.165, 1.54) is 6.26 Å². The maximum Gasteiger partial charge on any atom is 0.287 e. The van der Waals surface area contributed by atoms with Crippen molar-refractivity contribution in [2.24, 2.45) is 0 Å². The molecule has 2 heterocycles. The van der Waals surface area contributed by atoms with Gasteiger partial charge in [-0.1, -0.05) is 48.5 Å². The molecule has 0 saturated heterocycles. The van der Waals surface area contributed by atoms with Gasteiger partial charge >= 0.3 is 0 Å². The van der Waals surface area contributed by atoms with Crippen LogP contribution < -0.4 is 5.32 Å². The first-order valence-electron chi connectivity index (χ1n) is 7.69. The number of carbonyl (C=O) groups excluding carboxylic acids is 1. The fourth-order valence-electron chi connectivity index (χ4n) is 2.72. The molecule has 4 heteroatoms. The highest BCUT2D eigenvalue weighted by Gasteiger charge is 2.22. The highest BCUT2D eigenvalue weighted by molar-refractivity contribution is 5.92. The summed E-state index contributed by atoms with van der Waals surface area (Å²) < 4.78 is 11.1. The summed E-state index contributed by atoms with van der Waals surface area (Å²) in [6.45, 7) is 0. The quantitative estimate of drug-likeness (QED) is 0.601. The van der Waals surface area contributed by atoms with Crippen molar-refractivity contribution in [2.45, 2.75) is 6.04 Å². The summed E-state index contributed by atoms with van der Waals surface area (Å²) in [6, 6.07) is 22.4. The topological polar surface area (TPSA) is 55.4 Å². The van der Waals surface area contributed by atoms with Crippen LogP contribution >= 0.6 is 0 Å². The predicted octanol–water partition coefficient (Wildman–Crippen LogP) is 4.55. The monoisotopic (exact) mass is 317 g/mol. The molecule has 4 nitrogen and oxygen atoms in total. The van der Waals surface area contributed by atoms with Crippen LogP contribution in [0.4, 0.5) is 0 Å². The second-order valence-corrected chi connectivity index (χ2v) is 5.48. The van der Waals surface area contributed by atoms with Crippen LogP contribution in [0.2, 0.25) is 0 Å². The molecule has 24 heavy (non-hydrogen) atoms. The molecule has 0 bridgehead atoms. The zero-order valence-corrected chi connectivity index (χ0v) is 12.8. The second kappa shape index (κ2) is 6.08. The Hall–Kier alpha value is -3.27. The molecule has 1 amide bonds. The van der Waals surface area contributed by atoms with Gasteiger partial charge in [0.1, 0.15) is 17.4 Å². The standard InChI is InChI=1S/C20H15NO3/c22-20(17-11-6-12-23-17)21-19(14-7-2-1-3-8-14)18-13-15-9-4-5-10-16(15)24-18/h1-13,19H,(H,21,22). The van der Waals surface area contributed by atoms with Crippen LogP contribution in [0.1, 0.15) is 27.9 Å². The van der Waals surface area contributed by atoms with Gasteiger partial charge in [-0.25, -0.2) is 0 Å². The highest BCUT2D eigenvalue weighted by Crippen LogP contribution is 2.28. The van der Waals surface area contributed by atoms with Gasteiger partial charge in [-0.3, -0.25) is 4.79 Å². The van der Waals surface area contributed by atoms with Gasteiger partial charge in [0.2, 0.25) is 0 Å². The normalized spacial score (nSPS) is 12.2. The van der Waals surface area contributed by atoms with E-state index in [0.29, 0.717) is 5.76 Å². The largest absolute Gasteiger partial charge is 0.459 e. The Morgan fingerprint density at radius 2 is 1.71 bits per heavy atom. The van der Waals surface area contributed by atoms with E-state index in [0.717, 1.165) is 16.5 Å². The van der Waals surface area contributed by atoms with Crippen LogP contribution in [0.3, 0.4) is 0 Å². The summed E-state index contributed by atoms with van der Waals surface area (Å²) in [4.78, 5) is 12.4. The molecule has 1 unspecified atom stereocenters. The van der Waals surface area contributed by atoms with Crippen LogP contribution in [-0.4, -0.2) is 5.91 Å². The Labute approximate surface area is 138 Å². The van der Waals surface area contributed by atoms with E-state index in [2.05, 4.69) is 5.32 Å². The molecule has 1 N–H and O–H groups in total.